The Kier molecular flexibility index (Phi) is 3.64. The normalized spacial score (nSPS) is 16.2. The second-order valence-electron chi connectivity index (χ2n) is 4.28. The maximum atomic E-state index is 12.5. The quantitative estimate of drug-likeness (QED) is 0.874. The summed E-state index contributed by atoms with van der Waals surface area (Å²) in [4.78, 5) is 0. The van der Waals surface area contributed by atoms with E-state index in [1.54, 1.807) is 0 Å². The number of halogens is 4. The van der Waals surface area contributed by atoms with Gasteiger partial charge in [0.25, 0.3) is 0 Å². The second-order valence-corrected chi connectivity index (χ2v) is 4.69. The highest BCUT2D eigenvalue weighted by atomic mass is 35.5. The van der Waals surface area contributed by atoms with Gasteiger partial charge < -0.3 is 5.32 Å². The molecule has 1 aliphatic carbocycles. The monoisotopic (exact) mass is 263 g/mol. The van der Waals surface area contributed by atoms with Crippen molar-refractivity contribution in [3.8, 4) is 0 Å². The Balaban J connectivity index is 2.03. The SMILES string of the molecule is FC(F)(F)c1ccc(Cl)c(CCNC2CC2)c1. The molecule has 0 spiro atoms. The van der Waals surface area contributed by atoms with Crippen LogP contribution in [0.15, 0.2) is 18.2 Å². The number of benzene rings is 1. The molecule has 0 radical (unpaired) electrons. The fraction of sp³-hybridized carbons (Fsp3) is 0.500. The molecule has 1 aromatic rings. The first-order chi connectivity index (χ1) is 7.97. The molecule has 2 rings (SSSR count). The smallest absolute Gasteiger partial charge is 0.314 e. The van der Waals surface area contributed by atoms with E-state index in [4.69, 9.17) is 11.6 Å². The fourth-order valence-corrected chi connectivity index (χ4v) is 1.85. The molecule has 0 aromatic heterocycles. The highest BCUT2D eigenvalue weighted by Gasteiger charge is 2.30. The Morgan fingerprint density at radius 3 is 2.59 bits per heavy atom. The summed E-state index contributed by atoms with van der Waals surface area (Å²) in [6, 6.07) is 4.02. The van der Waals surface area contributed by atoms with Crippen LogP contribution in [-0.2, 0) is 12.6 Å². The third-order valence-corrected chi connectivity index (χ3v) is 3.15. The molecule has 0 saturated heterocycles. The zero-order valence-corrected chi connectivity index (χ0v) is 9.91. The lowest BCUT2D eigenvalue weighted by Crippen LogP contribution is -2.19. The number of alkyl halides is 3. The molecule has 1 nitrogen and oxygen atoms in total. The van der Waals surface area contributed by atoms with Crippen LogP contribution in [0.1, 0.15) is 24.0 Å². The van der Waals surface area contributed by atoms with Crippen molar-refractivity contribution < 1.29 is 13.2 Å². The van der Waals surface area contributed by atoms with Gasteiger partial charge in [0, 0.05) is 11.1 Å². The van der Waals surface area contributed by atoms with E-state index in [9.17, 15) is 13.2 Å². The summed E-state index contributed by atoms with van der Waals surface area (Å²) in [6.45, 7) is 0.672. The predicted molar refractivity (Wildman–Crippen MR) is 61.2 cm³/mol. The Bertz CT molecular complexity index is 399. The summed E-state index contributed by atoms with van der Waals surface area (Å²) >= 11 is 5.88. The molecule has 0 aliphatic heterocycles. The van der Waals surface area contributed by atoms with E-state index in [0.717, 1.165) is 25.0 Å². The van der Waals surface area contributed by atoms with E-state index in [-0.39, 0.29) is 0 Å². The second kappa shape index (κ2) is 4.86. The molecule has 0 unspecified atom stereocenters. The topological polar surface area (TPSA) is 12.0 Å². The Labute approximate surface area is 103 Å². The van der Waals surface area contributed by atoms with Crippen molar-refractivity contribution in [2.75, 3.05) is 6.54 Å². The Morgan fingerprint density at radius 1 is 1.29 bits per heavy atom. The van der Waals surface area contributed by atoms with Crippen molar-refractivity contribution >= 4 is 11.6 Å². The van der Waals surface area contributed by atoms with Crippen molar-refractivity contribution in [2.24, 2.45) is 0 Å². The van der Waals surface area contributed by atoms with Gasteiger partial charge in [0.15, 0.2) is 0 Å². The lowest BCUT2D eigenvalue weighted by molar-refractivity contribution is -0.137. The van der Waals surface area contributed by atoms with E-state index in [1.165, 1.54) is 6.07 Å². The number of hydrogen-bond donors (Lipinski definition) is 1. The van der Waals surface area contributed by atoms with E-state index in [2.05, 4.69) is 5.32 Å². The van der Waals surface area contributed by atoms with Crippen LogP contribution in [0.25, 0.3) is 0 Å². The largest absolute Gasteiger partial charge is 0.416 e. The molecule has 5 heteroatoms. The van der Waals surface area contributed by atoms with E-state index >= 15 is 0 Å². The zero-order valence-electron chi connectivity index (χ0n) is 9.15. The molecule has 1 N–H and O–H groups in total. The molecule has 0 bridgehead atoms. The van der Waals surface area contributed by atoms with Gasteiger partial charge in [0.2, 0.25) is 0 Å². The minimum Gasteiger partial charge on any atom is -0.314 e. The van der Waals surface area contributed by atoms with Crippen LogP contribution >= 0.6 is 11.6 Å². The van der Waals surface area contributed by atoms with Crippen LogP contribution in [0.5, 0.6) is 0 Å². The standard InChI is InChI=1S/C12H13ClF3N/c13-11-4-1-9(12(14,15)16)7-8(11)5-6-17-10-2-3-10/h1,4,7,10,17H,2-3,5-6H2. The van der Waals surface area contributed by atoms with Gasteiger partial charge >= 0.3 is 6.18 Å². The lowest BCUT2D eigenvalue weighted by atomic mass is 10.1. The summed E-state index contributed by atoms with van der Waals surface area (Å²) in [7, 11) is 0. The van der Waals surface area contributed by atoms with Gasteiger partial charge in [0.05, 0.1) is 5.56 Å². The molecule has 94 valence electrons. The summed E-state index contributed by atoms with van der Waals surface area (Å²) < 4.78 is 37.5. The van der Waals surface area contributed by atoms with Crippen LogP contribution in [0, 0.1) is 0 Å². The van der Waals surface area contributed by atoms with Crippen molar-refractivity contribution in [1.82, 2.24) is 5.32 Å². The zero-order chi connectivity index (χ0) is 12.5. The van der Waals surface area contributed by atoms with Crippen molar-refractivity contribution in [3.63, 3.8) is 0 Å². The maximum absolute atomic E-state index is 12.5. The van der Waals surface area contributed by atoms with Gasteiger partial charge in [-0.2, -0.15) is 13.2 Å². The molecule has 0 heterocycles. The van der Waals surface area contributed by atoms with Gasteiger partial charge in [-0.1, -0.05) is 11.6 Å². The molecule has 1 aliphatic rings. The van der Waals surface area contributed by atoms with E-state index in [1.807, 2.05) is 0 Å². The van der Waals surface area contributed by atoms with Crippen LogP contribution in [-0.4, -0.2) is 12.6 Å². The van der Waals surface area contributed by atoms with Crippen molar-refractivity contribution in [3.05, 3.63) is 34.3 Å². The van der Waals surface area contributed by atoms with Crippen LogP contribution in [0.2, 0.25) is 5.02 Å². The van der Waals surface area contributed by atoms with Gasteiger partial charge in [-0.3, -0.25) is 0 Å². The fourth-order valence-electron chi connectivity index (χ4n) is 1.64. The highest BCUT2D eigenvalue weighted by molar-refractivity contribution is 6.31. The predicted octanol–water partition coefficient (Wildman–Crippen LogP) is 3.65. The van der Waals surface area contributed by atoms with Crippen LogP contribution in [0.4, 0.5) is 13.2 Å². The van der Waals surface area contributed by atoms with Crippen molar-refractivity contribution in [2.45, 2.75) is 31.5 Å². The molecule has 1 saturated carbocycles. The Hall–Kier alpha value is -0.740. The highest BCUT2D eigenvalue weighted by Crippen LogP contribution is 2.31. The number of rotatable bonds is 4. The number of nitrogens with one attached hydrogen (secondary N) is 1. The van der Waals surface area contributed by atoms with Gasteiger partial charge in [-0.15, -0.1) is 0 Å². The maximum Gasteiger partial charge on any atom is 0.416 e. The first kappa shape index (κ1) is 12.7. The molecule has 0 amide bonds. The van der Waals surface area contributed by atoms with Gasteiger partial charge in [-0.25, -0.2) is 0 Å². The minimum atomic E-state index is -4.30. The average Bonchev–Trinajstić information content (AvgIpc) is 3.03. The van der Waals surface area contributed by atoms with Gasteiger partial charge in [0.1, 0.15) is 0 Å². The summed E-state index contributed by atoms with van der Waals surface area (Å²) in [5.74, 6) is 0. The molecular weight excluding hydrogens is 251 g/mol. The first-order valence-electron chi connectivity index (χ1n) is 5.56. The van der Waals surface area contributed by atoms with Crippen LogP contribution < -0.4 is 5.32 Å². The molecule has 1 aromatic carbocycles. The van der Waals surface area contributed by atoms with Crippen LogP contribution in [0.3, 0.4) is 0 Å². The Morgan fingerprint density at radius 2 is 2.00 bits per heavy atom. The van der Waals surface area contributed by atoms with E-state index < -0.39 is 11.7 Å². The molecular formula is C12H13ClF3N. The average molecular weight is 264 g/mol. The molecule has 1 fully saturated rings. The third kappa shape index (κ3) is 3.61. The summed E-state index contributed by atoms with van der Waals surface area (Å²) in [5, 5.41) is 3.65. The first-order valence-corrected chi connectivity index (χ1v) is 5.93. The lowest BCUT2D eigenvalue weighted by Gasteiger charge is -2.10. The van der Waals surface area contributed by atoms with E-state index in [0.29, 0.717) is 29.6 Å². The molecule has 0 atom stereocenters. The molecule has 17 heavy (non-hydrogen) atoms. The number of hydrogen-bond acceptors (Lipinski definition) is 1. The van der Waals surface area contributed by atoms with Gasteiger partial charge in [-0.05, 0) is 49.6 Å². The van der Waals surface area contributed by atoms with Crippen molar-refractivity contribution in [1.29, 1.82) is 0 Å². The summed E-state index contributed by atoms with van der Waals surface area (Å²) in [6.07, 6.45) is -1.45. The minimum absolute atomic E-state index is 0.399. The summed E-state index contributed by atoms with van der Waals surface area (Å²) in [5.41, 5.74) is -0.0852. The third-order valence-electron chi connectivity index (χ3n) is 2.78.